The van der Waals surface area contributed by atoms with E-state index >= 15 is 0 Å². The van der Waals surface area contributed by atoms with Gasteiger partial charge in [0.25, 0.3) is 0 Å². The first-order valence-corrected chi connectivity index (χ1v) is 6.63. The number of carboxylic acids is 1. The van der Waals surface area contributed by atoms with Crippen molar-refractivity contribution in [3.8, 4) is 16.8 Å². The molecule has 4 heteroatoms. The quantitative estimate of drug-likeness (QED) is 0.797. The van der Waals surface area contributed by atoms with Crippen molar-refractivity contribution in [1.29, 1.82) is 0 Å². The summed E-state index contributed by atoms with van der Waals surface area (Å²) in [6.07, 6.45) is 3.81. The summed E-state index contributed by atoms with van der Waals surface area (Å²) >= 11 is 0. The van der Waals surface area contributed by atoms with Gasteiger partial charge in [0.1, 0.15) is 0 Å². The molecule has 0 aliphatic carbocycles. The molecule has 0 radical (unpaired) electrons. The summed E-state index contributed by atoms with van der Waals surface area (Å²) in [6, 6.07) is 17.4. The van der Waals surface area contributed by atoms with Crippen LogP contribution in [0.2, 0.25) is 0 Å². The van der Waals surface area contributed by atoms with Gasteiger partial charge in [-0.1, -0.05) is 42.5 Å². The molecule has 2 aromatic carbocycles. The second-order valence-electron chi connectivity index (χ2n) is 4.78. The lowest BCUT2D eigenvalue weighted by Crippen LogP contribution is -1.99. The molecule has 4 nitrogen and oxygen atoms in total. The van der Waals surface area contributed by atoms with Crippen molar-refractivity contribution in [3.05, 3.63) is 72.6 Å². The fraction of sp³-hybridized carbons (Fsp3) is 0.0588. The van der Waals surface area contributed by atoms with Crippen LogP contribution in [0.5, 0.6) is 0 Å². The number of aromatic nitrogens is 2. The van der Waals surface area contributed by atoms with E-state index in [1.54, 1.807) is 6.20 Å². The van der Waals surface area contributed by atoms with E-state index in [0.29, 0.717) is 0 Å². The third kappa shape index (κ3) is 3.00. The molecular formula is C17H14N2O2. The number of nitrogens with zero attached hydrogens (tertiary/aromatic N) is 2. The molecule has 1 aromatic heterocycles. The van der Waals surface area contributed by atoms with E-state index in [4.69, 9.17) is 5.11 Å². The van der Waals surface area contributed by atoms with Gasteiger partial charge in [0.05, 0.1) is 18.3 Å². The minimum atomic E-state index is -0.820. The molecule has 1 heterocycles. The molecular weight excluding hydrogens is 264 g/mol. The lowest BCUT2D eigenvalue weighted by atomic mass is 10.1. The number of carbonyl (C=O) groups is 1. The van der Waals surface area contributed by atoms with Gasteiger partial charge in [0, 0.05) is 11.8 Å². The maximum absolute atomic E-state index is 10.7. The van der Waals surface area contributed by atoms with Gasteiger partial charge in [-0.15, -0.1) is 0 Å². The average molecular weight is 278 g/mol. The highest BCUT2D eigenvalue weighted by atomic mass is 16.4. The summed E-state index contributed by atoms with van der Waals surface area (Å²) in [5, 5.41) is 13.1. The van der Waals surface area contributed by atoms with Crippen molar-refractivity contribution in [1.82, 2.24) is 9.78 Å². The van der Waals surface area contributed by atoms with Crippen LogP contribution in [-0.2, 0) is 11.2 Å². The normalized spacial score (nSPS) is 10.5. The molecule has 3 aromatic rings. The topological polar surface area (TPSA) is 55.1 Å². The van der Waals surface area contributed by atoms with E-state index in [1.165, 1.54) is 0 Å². The van der Waals surface area contributed by atoms with Crippen molar-refractivity contribution in [3.63, 3.8) is 0 Å². The summed E-state index contributed by atoms with van der Waals surface area (Å²) in [6.45, 7) is 0. The van der Waals surface area contributed by atoms with Gasteiger partial charge in [-0.3, -0.25) is 4.79 Å². The first kappa shape index (κ1) is 13.1. The van der Waals surface area contributed by atoms with Crippen LogP contribution < -0.4 is 0 Å². The van der Waals surface area contributed by atoms with E-state index in [2.05, 4.69) is 5.10 Å². The third-order valence-electron chi connectivity index (χ3n) is 3.25. The maximum atomic E-state index is 10.7. The molecule has 0 atom stereocenters. The Labute approximate surface area is 122 Å². The lowest BCUT2D eigenvalue weighted by Gasteiger charge is -2.01. The number of rotatable bonds is 4. The largest absolute Gasteiger partial charge is 0.481 e. The minimum Gasteiger partial charge on any atom is -0.481 e. The Kier molecular flexibility index (Phi) is 3.51. The predicted molar refractivity (Wildman–Crippen MR) is 80.3 cm³/mol. The third-order valence-corrected chi connectivity index (χ3v) is 3.25. The molecule has 0 aliphatic heterocycles. The van der Waals surface area contributed by atoms with Crippen LogP contribution in [0.25, 0.3) is 16.8 Å². The molecule has 104 valence electrons. The van der Waals surface area contributed by atoms with Gasteiger partial charge in [-0.25, -0.2) is 4.68 Å². The lowest BCUT2D eigenvalue weighted by molar-refractivity contribution is -0.136. The maximum Gasteiger partial charge on any atom is 0.307 e. The van der Waals surface area contributed by atoms with Crippen molar-refractivity contribution in [2.75, 3.05) is 0 Å². The van der Waals surface area contributed by atoms with Crippen LogP contribution in [0.1, 0.15) is 5.56 Å². The summed E-state index contributed by atoms with van der Waals surface area (Å²) in [7, 11) is 0. The highest BCUT2D eigenvalue weighted by Gasteiger charge is 2.05. The second kappa shape index (κ2) is 5.63. The highest BCUT2D eigenvalue weighted by molar-refractivity contribution is 5.71. The molecule has 0 aliphatic rings. The summed E-state index contributed by atoms with van der Waals surface area (Å²) in [4.78, 5) is 10.7. The molecule has 0 spiro atoms. The number of hydrogen-bond acceptors (Lipinski definition) is 2. The highest BCUT2D eigenvalue weighted by Crippen LogP contribution is 2.20. The SMILES string of the molecule is O=C(O)Cc1ccc(-c2cnn(-c3ccccc3)c2)cc1. The van der Waals surface area contributed by atoms with Gasteiger partial charge in [0.2, 0.25) is 0 Å². The Hall–Kier alpha value is -2.88. The molecule has 21 heavy (non-hydrogen) atoms. The van der Waals surface area contributed by atoms with E-state index < -0.39 is 5.97 Å². The molecule has 3 rings (SSSR count). The average Bonchev–Trinajstić information content (AvgIpc) is 2.98. The first-order chi connectivity index (χ1) is 10.2. The predicted octanol–water partition coefficient (Wildman–Crippen LogP) is 3.17. The zero-order chi connectivity index (χ0) is 14.7. The van der Waals surface area contributed by atoms with E-state index in [1.807, 2.05) is 65.5 Å². The second-order valence-corrected chi connectivity index (χ2v) is 4.78. The standard InChI is InChI=1S/C17H14N2O2/c20-17(21)10-13-6-8-14(9-7-13)15-11-18-19(12-15)16-4-2-1-3-5-16/h1-9,11-12H,10H2,(H,20,21). The van der Waals surface area contributed by atoms with Crippen molar-refractivity contribution in [2.24, 2.45) is 0 Å². The number of hydrogen-bond donors (Lipinski definition) is 1. The Morgan fingerprint density at radius 3 is 2.38 bits per heavy atom. The molecule has 0 bridgehead atoms. The molecule has 0 saturated carbocycles. The fourth-order valence-electron chi connectivity index (χ4n) is 2.18. The molecule has 1 N–H and O–H groups in total. The molecule has 0 unspecified atom stereocenters. The van der Waals surface area contributed by atoms with Crippen molar-refractivity contribution in [2.45, 2.75) is 6.42 Å². The van der Waals surface area contributed by atoms with Gasteiger partial charge < -0.3 is 5.11 Å². The minimum absolute atomic E-state index is 0.0452. The first-order valence-electron chi connectivity index (χ1n) is 6.63. The van der Waals surface area contributed by atoms with Crippen LogP contribution >= 0.6 is 0 Å². The fourth-order valence-corrected chi connectivity index (χ4v) is 2.18. The monoisotopic (exact) mass is 278 g/mol. The molecule has 0 amide bonds. The number of para-hydroxylation sites is 1. The van der Waals surface area contributed by atoms with Crippen molar-refractivity contribution >= 4 is 5.97 Å². The van der Waals surface area contributed by atoms with Crippen LogP contribution in [-0.4, -0.2) is 20.9 Å². The molecule has 0 saturated heterocycles. The Balaban J connectivity index is 1.85. The summed E-state index contributed by atoms with van der Waals surface area (Å²) in [5.74, 6) is -0.820. The van der Waals surface area contributed by atoms with E-state index in [0.717, 1.165) is 22.4 Å². The van der Waals surface area contributed by atoms with Crippen LogP contribution in [0.3, 0.4) is 0 Å². The molecule has 0 fully saturated rings. The summed E-state index contributed by atoms with van der Waals surface area (Å²) in [5.41, 5.74) is 3.82. The number of aliphatic carboxylic acids is 1. The number of benzene rings is 2. The van der Waals surface area contributed by atoms with Crippen LogP contribution in [0, 0.1) is 0 Å². The van der Waals surface area contributed by atoms with Crippen molar-refractivity contribution < 1.29 is 9.90 Å². The zero-order valence-electron chi connectivity index (χ0n) is 11.3. The Morgan fingerprint density at radius 2 is 1.71 bits per heavy atom. The van der Waals surface area contributed by atoms with Crippen LogP contribution in [0.4, 0.5) is 0 Å². The van der Waals surface area contributed by atoms with Crippen LogP contribution in [0.15, 0.2) is 67.0 Å². The van der Waals surface area contributed by atoms with Gasteiger partial charge >= 0.3 is 5.97 Å². The van der Waals surface area contributed by atoms with E-state index in [-0.39, 0.29) is 6.42 Å². The smallest absolute Gasteiger partial charge is 0.307 e. The Morgan fingerprint density at radius 1 is 1.00 bits per heavy atom. The zero-order valence-corrected chi connectivity index (χ0v) is 11.3. The van der Waals surface area contributed by atoms with E-state index in [9.17, 15) is 4.79 Å². The van der Waals surface area contributed by atoms with Gasteiger partial charge in [-0.2, -0.15) is 5.10 Å². The Bertz CT molecular complexity index is 746. The van der Waals surface area contributed by atoms with Gasteiger partial charge in [-0.05, 0) is 23.3 Å². The summed E-state index contributed by atoms with van der Waals surface area (Å²) < 4.78 is 1.82. The van der Waals surface area contributed by atoms with Gasteiger partial charge in [0.15, 0.2) is 0 Å². The number of carboxylic acid groups (broad SMARTS) is 1.